The Morgan fingerprint density at radius 3 is 2.51 bits per heavy atom. The van der Waals surface area contributed by atoms with Gasteiger partial charge in [-0.2, -0.15) is 0 Å². The van der Waals surface area contributed by atoms with Crippen LogP contribution in [-0.2, 0) is 11.3 Å². The van der Waals surface area contributed by atoms with Gasteiger partial charge in [-0.15, -0.1) is 0 Å². The number of aromatic carboxylic acids is 1. The number of halogens is 1. The van der Waals surface area contributed by atoms with E-state index in [4.69, 9.17) is 21.4 Å². The van der Waals surface area contributed by atoms with E-state index in [0.717, 1.165) is 15.4 Å². The Morgan fingerprint density at radius 1 is 1.17 bits per heavy atom. The molecule has 3 rings (SSSR count). The molecule has 0 aliphatic heterocycles. The van der Waals surface area contributed by atoms with E-state index in [2.05, 4.69) is 5.32 Å². The number of aliphatic hydroxyl groups excluding tert-OH is 1. The van der Waals surface area contributed by atoms with E-state index in [0.29, 0.717) is 29.5 Å². The minimum Gasteiger partial charge on any atom is -0.755 e. The number of rotatable bonds is 11. The average molecular weight is 520 g/mol. The summed E-state index contributed by atoms with van der Waals surface area (Å²) in [6.45, 7) is 0.903. The van der Waals surface area contributed by atoms with E-state index < -0.39 is 23.3 Å². The van der Waals surface area contributed by atoms with Crippen molar-refractivity contribution in [3.63, 3.8) is 0 Å². The van der Waals surface area contributed by atoms with E-state index in [1.807, 2.05) is 0 Å². The van der Waals surface area contributed by atoms with Crippen LogP contribution in [0.5, 0.6) is 11.5 Å². The molecule has 0 spiro atoms. The standard InChI is InChI=1S/C24H25ClN2O7S/c1-27(35(32)33)21-12-17(6-9-22(21)28)23(29)14-26-10-11-34-18-7-8-19(20(25)13-18)15-2-4-16(5-3-15)24(30)31/h2-9,12-13,23,26,28-29H,10-11,14H2,1H3,(H,30,31)(H,32,33)/p-1. The molecule has 186 valence electrons. The number of carboxylic acid groups (broad SMARTS) is 1. The van der Waals surface area contributed by atoms with Crippen molar-refractivity contribution < 1.29 is 33.6 Å². The summed E-state index contributed by atoms with van der Waals surface area (Å²) in [5.41, 5.74) is 2.24. The van der Waals surface area contributed by atoms with Gasteiger partial charge >= 0.3 is 5.97 Å². The van der Waals surface area contributed by atoms with Crippen LogP contribution in [0.1, 0.15) is 22.0 Å². The molecule has 0 aliphatic rings. The zero-order chi connectivity index (χ0) is 25.5. The predicted octanol–water partition coefficient (Wildman–Crippen LogP) is 3.34. The topological polar surface area (TPSA) is 142 Å². The van der Waals surface area contributed by atoms with Gasteiger partial charge in [0.15, 0.2) is 0 Å². The summed E-state index contributed by atoms with van der Waals surface area (Å²) in [4.78, 5) is 11.0. The molecule has 0 aliphatic carbocycles. The van der Waals surface area contributed by atoms with Crippen LogP contribution in [0, 0.1) is 0 Å². The monoisotopic (exact) mass is 519 g/mol. The van der Waals surface area contributed by atoms with Crippen LogP contribution in [0.3, 0.4) is 0 Å². The van der Waals surface area contributed by atoms with Gasteiger partial charge in [0.05, 0.1) is 22.4 Å². The first-order valence-corrected chi connectivity index (χ1v) is 11.9. The molecular weight excluding hydrogens is 496 g/mol. The Labute approximate surface area is 210 Å². The Bertz CT molecular complexity index is 1210. The lowest BCUT2D eigenvalue weighted by atomic mass is 10.0. The van der Waals surface area contributed by atoms with Gasteiger partial charge in [0.2, 0.25) is 0 Å². The molecule has 0 amide bonds. The number of ether oxygens (including phenoxy) is 1. The fraction of sp³-hybridized carbons (Fsp3) is 0.208. The summed E-state index contributed by atoms with van der Waals surface area (Å²) in [6, 6.07) is 15.9. The summed E-state index contributed by atoms with van der Waals surface area (Å²) in [5, 5.41) is 32.8. The zero-order valence-corrected chi connectivity index (χ0v) is 20.3. The highest BCUT2D eigenvalue weighted by molar-refractivity contribution is 7.80. The summed E-state index contributed by atoms with van der Waals surface area (Å²) < 4.78 is 28.8. The van der Waals surface area contributed by atoms with Crippen molar-refractivity contribution in [2.75, 3.05) is 31.0 Å². The molecule has 2 atom stereocenters. The van der Waals surface area contributed by atoms with Crippen molar-refractivity contribution in [2.45, 2.75) is 6.10 Å². The molecule has 0 aromatic heterocycles. The lowest BCUT2D eigenvalue weighted by Gasteiger charge is -2.23. The number of aliphatic hydroxyl groups is 1. The van der Waals surface area contributed by atoms with Gasteiger partial charge in [0, 0.05) is 37.0 Å². The highest BCUT2D eigenvalue weighted by Gasteiger charge is 2.13. The van der Waals surface area contributed by atoms with E-state index in [1.165, 1.54) is 37.4 Å². The lowest BCUT2D eigenvalue weighted by molar-refractivity contribution is 0.0697. The number of hydrogen-bond acceptors (Lipinski definition) is 7. The molecule has 0 saturated carbocycles. The third kappa shape index (κ3) is 6.93. The van der Waals surface area contributed by atoms with E-state index >= 15 is 0 Å². The average Bonchev–Trinajstić information content (AvgIpc) is 2.83. The zero-order valence-electron chi connectivity index (χ0n) is 18.7. The fourth-order valence-corrected chi connectivity index (χ4v) is 3.88. The molecule has 2 unspecified atom stereocenters. The Morgan fingerprint density at radius 2 is 1.89 bits per heavy atom. The summed E-state index contributed by atoms with van der Waals surface area (Å²) in [6.07, 6.45) is -0.927. The van der Waals surface area contributed by atoms with Gasteiger partial charge < -0.3 is 34.2 Å². The third-order valence-corrected chi connectivity index (χ3v) is 6.17. The number of benzene rings is 3. The molecule has 3 aromatic rings. The van der Waals surface area contributed by atoms with Crippen LogP contribution < -0.4 is 14.4 Å². The first kappa shape index (κ1) is 26.5. The maximum absolute atomic E-state index is 11.1. The molecule has 0 radical (unpaired) electrons. The van der Waals surface area contributed by atoms with Gasteiger partial charge in [-0.3, -0.25) is 4.21 Å². The molecule has 0 fully saturated rings. The molecule has 0 bridgehead atoms. The molecule has 35 heavy (non-hydrogen) atoms. The smallest absolute Gasteiger partial charge is 0.335 e. The second-order valence-electron chi connectivity index (χ2n) is 7.56. The number of phenols is 1. The number of aromatic hydroxyl groups is 1. The van der Waals surface area contributed by atoms with Crippen molar-refractivity contribution in [3.05, 3.63) is 76.8 Å². The Hall–Kier alpha value is -3.15. The van der Waals surface area contributed by atoms with Crippen LogP contribution in [0.15, 0.2) is 60.7 Å². The molecule has 0 saturated heterocycles. The van der Waals surface area contributed by atoms with Crippen molar-refractivity contribution in [2.24, 2.45) is 0 Å². The second kappa shape index (κ2) is 12.0. The number of anilines is 1. The van der Waals surface area contributed by atoms with Gasteiger partial charge in [-0.1, -0.05) is 29.8 Å². The normalized spacial score (nSPS) is 12.7. The van der Waals surface area contributed by atoms with Crippen LogP contribution in [0.25, 0.3) is 11.1 Å². The SMILES string of the molecule is CN(c1cc(C(O)CNCCOc2ccc(-c3ccc(C(=O)O)cc3)c(Cl)c2)ccc1O)S(=O)[O-]. The third-order valence-electron chi connectivity index (χ3n) is 5.22. The number of phenolic OH excluding ortho intramolecular Hbond substituents is 1. The van der Waals surface area contributed by atoms with Crippen LogP contribution in [-0.4, -0.2) is 56.8 Å². The second-order valence-corrected chi connectivity index (χ2v) is 8.94. The highest BCUT2D eigenvalue weighted by Crippen LogP contribution is 2.32. The van der Waals surface area contributed by atoms with E-state index in [9.17, 15) is 23.8 Å². The number of carboxylic acids is 1. The van der Waals surface area contributed by atoms with Gasteiger partial charge in [-0.05, 0) is 53.6 Å². The van der Waals surface area contributed by atoms with Crippen molar-refractivity contribution in [1.82, 2.24) is 5.32 Å². The highest BCUT2D eigenvalue weighted by atomic mass is 35.5. The van der Waals surface area contributed by atoms with Gasteiger partial charge in [-0.25, -0.2) is 4.79 Å². The minimum absolute atomic E-state index is 0.0661. The largest absolute Gasteiger partial charge is 0.755 e. The molecular formula is C24H24ClN2O7S-. The Balaban J connectivity index is 1.50. The number of nitrogens with zero attached hydrogens (tertiary/aromatic N) is 1. The van der Waals surface area contributed by atoms with Gasteiger partial charge in [0.1, 0.15) is 18.1 Å². The first-order valence-electron chi connectivity index (χ1n) is 10.5. The quantitative estimate of drug-likeness (QED) is 0.223. The van der Waals surface area contributed by atoms with E-state index in [1.54, 1.807) is 30.3 Å². The molecule has 9 nitrogen and oxygen atoms in total. The maximum atomic E-state index is 11.1. The van der Waals surface area contributed by atoms with Crippen molar-refractivity contribution in [1.29, 1.82) is 0 Å². The van der Waals surface area contributed by atoms with Crippen molar-refractivity contribution in [3.8, 4) is 22.6 Å². The van der Waals surface area contributed by atoms with Crippen molar-refractivity contribution >= 4 is 34.5 Å². The van der Waals surface area contributed by atoms with Gasteiger partial charge in [0.25, 0.3) is 0 Å². The predicted molar refractivity (Wildman–Crippen MR) is 133 cm³/mol. The number of hydrogen-bond donors (Lipinski definition) is 4. The summed E-state index contributed by atoms with van der Waals surface area (Å²) in [5.74, 6) is -0.652. The summed E-state index contributed by atoms with van der Waals surface area (Å²) >= 11 is 3.82. The first-order chi connectivity index (χ1) is 16.7. The molecule has 3 aromatic carbocycles. The Kier molecular flexibility index (Phi) is 9.07. The van der Waals surface area contributed by atoms with Crippen LogP contribution in [0.4, 0.5) is 5.69 Å². The summed E-state index contributed by atoms with van der Waals surface area (Å²) in [7, 11) is 1.29. The molecule has 0 heterocycles. The lowest BCUT2D eigenvalue weighted by Crippen LogP contribution is -2.26. The fourth-order valence-electron chi connectivity index (χ4n) is 3.29. The van der Waals surface area contributed by atoms with Crippen LogP contribution in [0.2, 0.25) is 5.02 Å². The van der Waals surface area contributed by atoms with E-state index in [-0.39, 0.29) is 23.5 Å². The number of carbonyl (C=O) groups is 1. The maximum Gasteiger partial charge on any atom is 0.335 e. The molecule has 4 N–H and O–H groups in total. The minimum atomic E-state index is -2.56. The molecule has 11 heteroatoms. The number of nitrogens with one attached hydrogen (secondary N) is 1. The van der Waals surface area contributed by atoms with Crippen LogP contribution >= 0.6 is 11.6 Å².